The number of hydrogen-bond acceptors (Lipinski definition) is 0. The number of quaternary nitrogens is 1. The maximum atomic E-state index is 2.47. The highest BCUT2D eigenvalue weighted by atomic mass is 35.5. The standard InChI is InChI=1S/C25H46N.ClH/c1-5-9-10-11-12-13-14-15-16-17-19-24-20-18-21-25(22-24)23-26(6-2,7-3)8-4;/h18,20-22H,5-17,19,23H2,1-4H3;1H/q+1;/p-1. The van der Waals surface area contributed by atoms with E-state index in [4.69, 9.17) is 0 Å². The van der Waals surface area contributed by atoms with E-state index in [2.05, 4.69) is 52.0 Å². The lowest BCUT2D eigenvalue weighted by molar-refractivity contribution is -0.936. The molecule has 158 valence electrons. The third-order valence-electron chi connectivity index (χ3n) is 6.34. The lowest BCUT2D eigenvalue weighted by atomic mass is 10.0. The Balaban J connectivity index is 0.00000676. The number of aryl methyl sites for hydroxylation is 1. The summed E-state index contributed by atoms with van der Waals surface area (Å²) in [6.45, 7) is 14.2. The van der Waals surface area contributed by atoms with Gasteiger partial charge in [-0.2, -0.15) is 0 Å². The van der Waals surface area contributed by atoms with E-state index >= 15 is 0 Å². The van der Waals surface area contributed by atoms with Gasteiger partial charge in [-0.25, -0.2) is 0 Å². The van der Waals surface area contributed by atoms with Crippen LogP contribution in [0.2, 0.25) is 0 Å². The van der Waals surface area contributed by atoms with Crippen LogP contribution >= 0.6 is 0 Å². The van der Waals surface area contributed by atoms with Crippen LogP contribution in [-0.4, -0.2) is 24.1 Å². The minimum Gasteiger partial charge on any atom is -1.00 e. The second kappa shape index (κ2) is 16.4. The number of halogens is 1. The third kappa shape index (κ3) is 11.2. The first kappa shape index (κ1) is 26.5. The molecule has 27 heavy (non-hydrogen) atoms. The minimum atomic E-state index is 0. The number of benzene rings is 1. The zero-order chi connectivity index (χ0) is 19.1. The van der Waals surface area contributed by atoms with Crippen molar-refractivity contribution in [3.63, 3.8) is 0 Å². The van der Waals surface area contributed by atoms with Gasteiger partial charge in [-0.3, -0.25) is 0 Å². The Morgan fingerprint density at radius 1 is 0.630 bits per heavy atom. The van der Waals surface area contributed by atoms with Crippen LogP contribution in [0.1, 0.15) is 103 Å². The van der Waals surface area contributed by atoms with E-state index in [0.29, 0.717) is 0 Å². The smallest absolute Gasteiger partial charge is 0.104 e. The summed E-state index contributed by atoms with van der Waals surface area (Å²) >= 11 is 0. The largest absolute Gasteiger partial charge is 1.00 e. The van der Waals surface area contributed by atoms with E-state index < -0.39 is 0 Å². The van der Waals surface area contributed by atoms with Crippen molar-refractivity contribution in [3.8, 4) is 0 Å². The Morgan fingerprint density at radius 2 is 1.11 bits per heavy atom. The van der Waals surface area contributed by atoms with Crippen molar-refractivity contribution in [3.05, 3.63) is 35.4 Å². The van der Waals surface area contributed by atoms with Crippen molar-refractivity contribution in [2.24, 2.45) is 0 Å². The molecule has 0 fully saturated rings. The molecule has 0 saturated heterocycles. The Bertz CT molecular complexity index is 445. The molecule has 0 bridgehead atoms. The van der Waals surface area contributed by atoms with Gasteiger partial charge in [0.25, 0.3) is 0 Å². The van der Waals surface area contributed by atoms with E-state index in [9.17, 15) is 0 Å². The molecule has 0 heterocycles. The summed E-state index contributed by atoms with van der Waals surface area (Å²) < 4.78 is 1.21. The summed E-state index contributed by atoms with van der Waals surface area (Å²) in [5.41, 5.74) is 3.07. The predicted molar refractivity (Wildman–Crippen MR) is 118 cm³/mol. The van der Waals surface area contributed by atoms with Crippen molar-refractivity contribution >= 4 is 0 Å². The average molecular weight is 396 g/mol. The second-order valence-corrected chi connectivity index (χ2v) is 8.20. The van der Waals surface area contributed by atoms with Crippen LogP contribution in [0, 0.1) is 0 Å². The van der Waals surface area contributed by atoms with Gasteiger partial charge in [-0.1, -0.05) is 89.0 Å². The molecule has 0 radical (unpaired) electrons. The van der Waals surface area contributed by atoms with Crippen LogP contribution in [0.15, 0.2) is 24.3 Å². The maximum absolute atomic E-state index is 2.47. The second-order valence-electron chi connectivity index (χ2n) is 8.20. The molecule has 1 aromatic carbocycles. The molecule has 0 aromatic heterocycles. The molecule has 1 aromatic rings. The molecule has 0 aliphatic heterocycles. The van der Waals surface area contributed by atoms with Gasteiger partial charge in [0.1, 0.15) is 6.54 Å². The fraction of sp³-hybridized carbons (Fsp3) is 0.760. The Kier molecular flexibility index (Phi) is 16.1. The van der Waals surface area contributed by atoms with Gasteiger partial charge < -0.3 is 16.9 Å². The third-order valence-corrected chi connectivity index (χ3v) is 6.34. The molecule has 0 saturated carbocycles. The maximum Gasteiger partial charge on any atom is 0.104 e. The summed E-state index contributed by atoms with van der Waals surface area (Å²) in [6.07, 6.45) is 15.5. The molecule has 2 heteroatoms. The number of nitrogens with zero attached hydrogens (tertiary/aromatic N) is 1. The van der Waals surface area contributed by atoms with Crippen LogP contribution in [0.5, 0.6) is 0 Å². The molecule has 0 aliphatic rings. The summed E-state index contributed by atoms with van der Waals surface area (Å²) in [4.78, 5) is 0. The van der Waals surface area contributed by atoms with Gasteiger partial charge in [0.2, 0.25) is 0 Å². The molecule has 1 nitrogen and oxygen atoms in total. The van der Waals surface area contributed by atoms with Crippen LogP contribution in [0.25, 0.3) is 0 Å². The monoisotopic (exact) mass is 395 g/mol. The molecule has 0 unspecified atom stereocenters. The fourth-order valence-electron chi connectivity index (χ4n) is 4.09. The summed E-state index contributed by atoms with van der Waals surface area (Å²) in [5, 5.41) is 0. The zero-order valence-corrected chi connectivity index (χ0v) is 19.5. The van der Waals surface area contributed by atoms with Crippen molar-refractivity contribution in [1.29, 1.82) is 0 Å². The Hall–Kier alpha value is -0.530. The molecule has 0 N–H and O–H groups in total. The van der Waals surface area contributed by atoms with Crippen molar-refractivity contribution in [2.75, 3.05) is 19.6 Å². The number of rotatable bonds is 16. The average Bonchev–Trinajstić information content (AvgIpc) is 2.68. The molecule has 0 spiro atoms. The lowest BCUT2D eigenvalue weighted by Gasteiger charge is -2.36. The zero-order valence-electron chi connectivity index (χ0n) is 18.7. The highest BCUT2D eigenvalue weighted by molar-refractivity contribution is 5.23. The number of unbranched alkanes of at least 4 members (excludes halogenated alkanes) is 9. The summed E-state index contributed by atoms with van der Waals surface area (Å²) in [7, 11) is 0. The van der Waals surface area contributed by atoms with Crippen LogP contribution in [0.3, 0.4) is 0 Å². The van der Waals surface area contributed by atoms with Crippen LogP contribution in [-0.2, 0) is 13.0 Å². The SMILES string of the molecule is CCCCCCCCCCCCc1cccc(C[N+](CC)(CC)CC)c1.[Cl-]. The van der Waals surface area contributed by atoms with Crippen molar-refractivity contribution in [2.45, 2.75) is 105 Å². The molecular formula is C25H46ClN. The fourth-order valence-corrected chi connectivity index (χ4v) is 4.09. The Labute approximate surface area is 176 Å². The highest BCUT2D eigenvalue weighted by Gasteiger charge is 2.21. The molecule has 0 aliphatic carbocycles. The number of hydrogen-bond donors (Lipinski definition) is 0. The van der Waals surface area contributed by atoms with Gasteiger partial charge in [0, 0.05) is 5.56 Å². The molecule has 0 atom stereocenters. The Morgan fingerprint density at radius 3 is 1.63 bits per heavy atom. The summed E-state index contributed by atoms with van der Waals surface area (Å²) in [6, 6.07) is 9.41. The quantitative estimate of drug-likeness (QED) is 0.285. The molecule has 1 rings (SSSR count). The minimum absolute atomic E-state index is 0. The van der Waals surface area contributed by atoms with Gasteiger partial charge in [-0.15, -0.1) is 0 Å². The lowest BCUT2D eigenvalue weighted by Crippen LogP contribution is -3.00. The predicted octanol–water partition coefficient (Wildman–Crippen LogP) is 4.53. The molecular weight excluding hydrogens is 350 g/mol. The van der Waals surface area contributed by atoms with Gasteiger partial charge in [0.05, 0.1) is 19.6 Å². The van der Waals surface area contributed by atoms with Gasteiger partial charge >= 0.3 is 0 Å². The van der Waals surface area contributed by atoms with Crippen molar-refractivity contribution < 1.29 is 16.9 Å². The van der Waals surface area contributed by atoms with Gasteiger partial charge in [-0.05, 0) is 39.2 Å². The summed E-state index contributed by atoms with van der Waals surface area (Å²) in [5.74, 6) is 0. The first-order valence-electron chi connectivity index (χ1n) is 11.6. The van der Waals surface area contributed by atoms with E-state index in [-0.39, 0.29) is 12.4 Å². The van der Waals surface area contributed by atoms with E-state index in [1.165, 1.54) is 107 Å². The normalized spacial score (nSPS) is 11.4. The van der Waals surface area contributed by atoms with Gasteiger partial charge in [0.15, 0.2) is 0 Å². The van der Waals surface area contributed by atoms with Crippen LogP contribution in [0.4, 0.5) is 0 Å². The van der Waals surface area contributed by atoms with E-state index in [1.807, 2.05) is 0 Å². The topological polar surface area (TPSA) is 0 Å². The van der Waals surface area contributed by atoms with Crippen molar-refractivity contribution in [1.82, 2.24) is 0 Å². The first-order chi connectivity index (χ1) is 12.7. The first-order valence-corrected chi connectivity index (χ1v) is 11.6. The van der Waals surface area contributed by atoms with Crippen LogP contribution < -0.4 is 12.4 Å². The van der Waals surface area contributed by atoms with E-state index in [1.54, 1.807) is 5.56 Å². The highest BCUT2D eigenvalue weighted by Crippen LogP contribution is 2.17. The van der Waals surface area contributed by atoms with E-state index in [0.717, 1.165) is 0 Å². The molecule has 0 amide bonds.